The van der Waals surface area contributed by atoms with Crippen molar-refractivity contribution in [2.45, 2.75) is 0 Å². The van der Waals surface area contributed by atoms with Crippen molar-refractivity contribution in [1.29, 1.82) is 0 Å². The number of nitrogens with zero attached hydrogens (tertiary/aromatic N) is 1. The lowest BCUT2D eigenvalue weighted by Gasteiger charge is -2.05. The highest BCUT2D eigenvalue weighted by molar-refractivity contribution is 6.32. The van der Waals surface area contributed by atoms with Crippen LogP contribution >= 0.6 is 23.2 Å². The van der Waals surface area contributed by atoms with Gasteiger partial charge in [0, 0.05) is 21.5 Å². The van der Waals surface area contributed by atoms with E-state index in [0.29, 0.717) is 32.6 Å². The van der Waals surface area contributed by atoms with Gasteiger partial charge in [0.25, 0.3) is 0 Å². The highest BCUT2D eigenvalue weighted by Gasteiger charge is 2.22. The number of halogens is 2. The van der Waals surface area contributed by atoms with Crippen LogP contribution in [0.2, 0.25) is 10.2 Å². The predicted molar refractivity (Wildman–Crippen MR) is 126 cm³/mol. The molecule has 4 aromatic rings. The van der Waals surface area contributed by atoms with E-state index in [9.17, 15) is 4.79 Å². The van der Waals surface area contributed by atoms with E-state index >= 15 is 0 Å². The van der Waals surface area contributed by atoms with Crippen LogP contribution in [0.15, 0.2) is 90.5 Å². The van der Waals surface area contributed by atoms with Crippen molar-refractivity contribution < 1.29 is 9.53 Å². The van der Waals surface area contributed by atoms with Crippen LogP contribution in [0.1, 0.15) is 11.1 Å². The lowest BCUT2D eigenvalue weighted by Crippen LogP contribution is -1.97. The maximum atomic E-state index is 12.4. The zero-order valence-electron chi connectivity index (χ0n) is 16.2. The number of carbonyl (C=O) groups is 1. The summed E-state index contributed by atoms with van der Waals surface area (Å²) in [5.41, 5.74) is 4.81. The van der Waals surface area contributed by atoms with E-state index in [-0.39, 0.29) is 0 Å². The Balaban J connectivity index is 1.46. The summed E-state index contributed by atoms with van der Waals surface area (Å²) in [6.07, 6.45) is 3.42. The Bertz CT molecular complexity index is 1370. The van der Waals surface area contributed by atoms with Crippen LogP contribution in [0.5, 0.6) is 0 Å². The molecule has 0 bridgehead atoms. The second kappa shape index (κ2) is 8.03. The lowest BCUT2D eigenvalue weighted by molar-refractivity contribution is -0.130. The Morgan fingerprint density at radius 1 is 0.806 bits per heavy atom. The Kier molecular flexibility index (Phi) is 5.06. The molecule has 1 aromatic heterocycles. The molecule has 150 valence electrons. The van der Waals surface area contributed by atoms with Gasteiger partial charge in [-0.2, -0.15) is 0 Å². The average molecular weight is 444 g/mol. The zero-order chi connectivity index (χ0) is 21.4. The van der Waals surface area contributed by atoms with Gasteiger partial charge >= 0.3 is 5.97 Å². The van der Waals surface area contributed by atoms with Gasteiger partial charge in [0.2, 0.25) is 0 Å². The number of esters is 1. The van der Waals surface area contributed by atoms with Gasteiger partial charge in [-0.05, 0) is 41.5 Å². The van der Waals surface area contributed by atoms with Crippen LogP contribution < -0.4 is 0 Å². The van der Waals surface area contributed by atoms with Crippen molar-refractivity contribution in [1.82, 2.24) is 4.98 Å². The Morgan fingerprint density at radius 2 is 1.52 bits per heavy atom. The summed E-state index contributed by atoms with van der Waals surface area (Å²) < 4.78 is 5.49. The Morgan fingerprint density at radius 3 is 2.29 bits per heavy atom. The molecule has 3 aromatic carbocycles. The van der Waals surface area contributed by atoms with Crippen molar-refractivity contribution in [3.05, 3.63) is 112 Å². The molecule has 0 amide bonds. The number of pyridine rings is 1. The molecule has 5 heteroatoms. The van der Waals surface area contributed by atoms with Crippen molar-refractivity contribution in [3.63, 3.8) is 0 Å². The highest BCUT2D eigenvalue weighted by Crippen LogP contribution is 2.31. The van der Waals surface area contributed by atoms with E-state index in [4.69, 9.17) is 27.9 Å². The molecule has 0 N–H and O–H groups in total. The number of rotatable bonds is 3. The molecule has 1 aliphatic heterocycles. The third-order valence-corrected chi connectivity index (χ3v) is 5.61. The largest absolute Gasteiger partial charge is 0.422 e. The molecule has 3 nitrogen and oxygen atoms in total. The molecular weight excluding hydrogens is 429 g/mol. The second-order valence-electron chi connectivity index (χ2n) is 7.15. The van der Waals surface area contributed by atoms with Gasteiger partial charge in [0.15, 0.2) is 0 Å². The summed E-state index contributed by atoms with van der Waals surface area (Å²) in [6.45, 7) is 0. The number of cyclic esters (lactones) is 1. The van der Waals surface area contributed by atoms with Gasteiger partial charge in [0.1, 0.15) is 10.9 Å². The monoisotopic (exact) mass is 443 g/mol. The number of carbonyl (C=O) groups excluding carboxylic acids is 1. The van der Waals surface area contributed by atoms with Crippen molar-refractivity contribution in [2.24, 2.45) is 0 Å². The summed E-state index contributed by atoms with van der Waals surface area (Å²) >= 11 is 12.4. The minimum Gasteiger partial charge on any atom is -0.422 e. The zero-order valence-corrected chi connectivity index (χ0v) is 17.7. The Labute approximate surface area is 189 Å². The molecule has 5 rings (SSSR count). The second-order valence-corrected chi connectivity index (χ2v) is 7.94. The Hall–Kier alpha value is -3.40. The number of hydrogen-bond donors (Lipinski definition) is 0. The van der Waals surface area contributed by atoms with Gasteiger partial charge in [-0.1, -0.05) is 83.9 Å². The number of ether oxygens (including phenoxy) is 1. The molecule has 0 radical (unpaired) electrons. The molecular formula is C26H15Cl2NO2. The average Bonchev–Trinajstić information content (AvgIpc) is 3.15. The summed E-state index contributed by atoms with van der Waals surface area (Å²) in [5.74, 6) is 0.0851. The van der Waals surface area contributed by atoms with E-state index in [1.807, 2.05) is 54.6 Å². The number of fused-ring (bicyclic) bond motifs is 1. The third-order valence-electron chi connectivity index (χ3n) is 5.07. The minimum atomic E-state index is -0.422. The van der Waals surface area contributed by atoms with Gasteiger partial charge in [-0.3, -0.25) is 0 Å². The lowest BCUT2D eigenvalue weighted by atomic mass is 10.0. The summed E-state index contributed by atoms with van der Waals surface area (Å²) in [7, 11) is 0. The molecule has 0 atom stereocenters. The number of aromatic nitrogens is 1. The summed E-state index contributed by atoms with van der Waals surface area (Å²) in [6, 6.07) is 25.3. The first-order valence-corrected chi connectivity index (χ1v) is 10.4. The fourth-order valence-corrected chi connectivity index (χ4v) is 3.86. The molecule has 0 saturated heterocycles. The highest BCUT2D eigenvalue weighted by atomic mass is 35.5. The molecule has 0 fully saturated rings. The number of benzene rings is 3. The van der Waals surface area contributed by atoms with E-state index in [1.54, 1.807) is 24.3 Å². The van der Waals surface area contributed by atoms with Crippen molar-refractivity contribution in [2.75, 3.05) is 0 Å². The molecule has 0 aliphatic carbocycles. The fourth-order valence-electron chi connectivity index (χ4n) is 3.49. The maximum Gasteiger partial charge on any atom is 0.343 e. The topological polar surface area (TPSA) is 39.2 Å². The first kappa shape index (κ1) is 19.6. The van der Waals surface area contributed by atoms with Gasteiger partial charge in [0.05, 0.1) is 11.1 Å². The summed E-state index contributed by atoms with van der Waals surface area (Å²) in [5, 5.41) is 1.77. The van der Waals surface area contributed by atoms with Gasteiger partial charge in [-0.25, -0.2) is 9.78 Å². The van der Waals surface area contributed by atoms with Crippen LogP contribution in [0.25, 0.3) is 33.9 Å². The number of hydrogen-bond acceptors (Lipinski definition) is 3. The first-order valence-electron chi connectivity index (χ1n) is 9.64. The molecule has 0 unspecified atom stereocenters. The molecule has 0 saturated carbocycles. The third kappa shape index (κ3) is 3.98. The van der Waals surface area contributed by atoms with E-state index in [0.717, 1.165) is 22.1 Å². The van der Waals surface area contributed by atoms with Crippen LogP contribution in [-0.4, -0.2) is 11.0 Å². The predicted octanol–water partition coefficient (Wildman–Crippen LogP) is 7.19. The standard InChI is InChI=1S/C26H15Cl2NO2/c27-22-11-10-19-12-20(25(28)29-23(19)15-22)13-21-14-24(31-26(21)30)18-8-6-17(7-9-18)16-4-2-1-3-5-16/h1-15H/b21-13+. The van der Waals surface area contributed by atoms with E-state index in [1.165, 1.54) is 0 Å². The van der Waals surface area contributed by atoms with Gasteiger partial charge < -0.3 is 4.74 Å². The van der Waals surface area contributed by atoms with E-state index < -0.39 is 5.97 Å². The summed E-state index contributed by atoms with van der Waals surface area (Å²) in [4.78, 5) is 16.8. The maximum absolute atomic E-state index is 12.4. The van der Waals surface area contributed by atoms with Crippen LogP contribution in [0.3, 0.4) is 0 Å². The van der Waals surface area contributed by atoms with E-state index in [2.05, 4.69) is 17.1 Å². The fraction of sp³-hybridized carbons (Fsp3) is 0. The minimum absolute atomic E-state index is 0.295. The smallest absolute Gasteiger partial charge is 0.343 e. The molecule has 31 heavy (non-hydrogen) atoms. The van der Waals surface area contributed by atoms with Gasteiger partial charge in [-0.15, -0.1) is 0 Å². The van der Waals surface area contributed by atoms with Crippen molar-refractivity contribution >= 4 is 51.9 Å². The molecule has 1 aliphatic rings. The first-order chi connectivity index (χ1) is 15.1. The van der Waals surface area contributed by atoms with Crippen LogP contribution in [0.4, 0.5) is 0 Å². The van der Waals surface area contributed by atoms with Crippen LogP contribution in [0, 0.1) is 0 Å². The molecule has 0 spiro atoms. The quantitative estimate of drug-likeness (QED) is 0.191. The normalized spacial score (nSPS) is 14.7. The van der Waals surface area contributed by atoms with Crippen molar-refractivity contribution in [3.8, 4) is 11.1 Å². The SMILES string of the molecule is O=C1OC(c2ccc(-c3ccccc3)cc2)=C/C1=C\c1cc2ccc(Cl)cc2nc1Cl. The van der Waals surface area contributed by atoms with Crippen LogP contribution in [-0.2, 0) is 9.53 Å². The molecule has 2 heterocycles.